The summed E-state index contributed by atoms with van der Waals surface area (Å²) in [6.45, 7) is 4.43. The molecule has 0 radical (unpaired) electrons. The van der Waals surface area contributed by atoms with Crippen LogP contribution in [0.1, 0.15) is 39.5 Å². The maximum Gasteiger partial charge on any atom is 0.326 e. The average Bonchev–Trinajstić information content (AvgIpc) is 2.75. The molecule has 0 aromatic carbocycles. The molecule has 2 amide bonds. The van der Waals surface area contributed by atoms with Gasteiger partial charge in [-0.25, -0.2) is 9.59 Å². The number of rotatable bonds is 2. The number of urea groups is 1. The van der Waals surface area contributed by atoms with Gasteiger partial charge >= 0.3 is 12.0 Å². The molecular formula is C14H24N2O4. The summed E-state index contributed by atoms with van der Waals surface area (Å²) in [5.41, 5.74) is 0. The van der Waals surface area contributed by atoms with Crippen molar-refractivity contribution in [3.63, 3.8) is 0 Å². The number of nitrogens with one attached hydrogen (secondary N) is 1. The van der Waals surface area contributed by atoms with E-state index in [9.17, 15) is 14.7 Å². The Morgan fingerprint density at radius 1 is 1.20 bits per heavy atom. The van der Waals surface area contributed by atoms with E-state index in [1.165, 1.54) is 4.90 Å². The second-order valence-electron chi connectivity index (χ2n) is 6.35. The first kappa shape index (κ1) is 15.1. The van der Waals surface area contributed by atoms with Crippen LogP contribution < -0.4 is 5.32 Å². The second kappa shape index (κ2) is 5.99. The highest BCUT2D eigenvalue weighted by Gasteiger charge is 2.40. The van der Waals surface area contributed by atoms with Gasteiger partial charge in [0.15, 0.2) is 0 Å². The lowest BCUT2D eigenvalue weighted by molar-refractivity contribution is -0.141. The van der Waals surface area contributed by atoms with Crippen LogP contribution in [-0.2, 0) is 4.79 Å². The molecular weight excluding hydrogens is 260 g/mol. The fourth-order valence-electron chi connectivity index (χ4n) is 3.39. The third-order valence-corrected chi connectivity index (χ3v) is 4.57. The third kappa shape index (κ3) is 3.23. The standard InChI is InChI=1S/C14H24N2O4/c1-8-3-4-11(9(2)5-8)15-14(20)16-7-10(17)6-12(16)13(18)19/h8-12,17H,3-7H2,1-2H3,(H,15,20)(H,18,19)/t8?,9?,10-,11?,12-/m0/s1. The van der Waals surface area contributed by atoms with Crippen LogP contribution in [-0.4, -0.2) is 51.8 Å². The van der Waals surface area contributed by atoms with Gasteiger partial charge in [-0.05, 0) is 31.1 Å². The summed E-state index contributed by atoms with van der Waals surface area (Å²) in [6, 6.07) is -1.17. The zero-order chi connectivity index (χ0) is 14.9. The number of nitrogens with zero attached hydrogens (tertiary/aromatic N) is 1. The molecule has 0 aromatic heterocycles. The van der Waals surface area contributed by atoms with Gasteiger partial charge in [0, 0.05) is 19.0 Å². The van der Waals surface area contributed by atoms with Gasteiger partial charge < -0.3 is 20.4 Å². The van der Waals surface area contributed by atoms with Gasteiger partial charge in [-0.3, -0.25) is 0 Å². The van der Waals surface area contributed by atoms with Crippen molar-refractivity contribution >= 4 is 12.0 Å². The summed E-state index contributed by atoms with van der Waals surface area (Å²) < 4.78 is 0. The number of carboxylic acid groups (broad SMARTS) is 1. The van der Waals surface area contributed by atoms with Crippen LogP contribution in [0.2, 0.25) is 0 Å². The highest BCUT2D eigenvalue weighted by molar-refractivity contribution is 5.83. The number of aliphatic hydroxyl groups excluding tert-OH is 1. The highest BCUT2D eigenvalue weighted by atomic mass is 16.4. The molecule has 5 atom stereocenters. The van der Waals surface area contributed by atoms with Gasteiger partial charge in [0.2, 0.25) is 0 Å². The smallest absolute Gasteiger partial charge is 0.326 e. The number of hydrogen-bond acceptors (Lipinski definition) is 3. The first-order valence-electron chi connectivity index (χ1n) is 7.36. The number of hydrogen-bond donors (Lipinski definition) is 3. The van der Waals surface area contributed by atoms with E-state index in [1.54, 1.807) is 0 Å². The van der Waals surface area contributed by atoms with Crippen LogP contribution in [0.3, 0.4) is 0 Å². The number of carbonyl (C=O) groups is 2. The van der Waals surface area contributed by atoms with Crippen molar-refractivity contribution in [1.82, 2.24) is 10.2 Å². The first-order chi connectivity index (χ1) is 9.38. The quantitative estimate of drug-likeness (QED) is 0.707. The summed E-state index contributed by atoms with van der Waals surface area (Å²) in [6.07, 6.45) is 2.46. The Morgan fingerprint density at radius 3 is 2.50 bits per heavy atom. The zero-order valence-corrected chi connectivity index (χ0v) is 12.1. The molecule has 3 N–H and O–H groups in total. The second-order valence-corrected chi connectivity index (χ2v) is 6.35. The summed E-state index contributed by atoms with van der Waals surface area (Å²) in [5, 5.41) is 21.6. The van der Waals surface area contributed by atoms with Gasteiger partial charge in [-0.15, -0.1) is 0 Å². The minimum atomic E-state index is -1.05. The number of carboxylic acids is 1. The van der Waals surface area contributed by atoms with Crippen molar-refractivity contribution in [3.8, 4) is 0 Å². The molecule has 1 saturated carbocycles. The van der Waals surface area contributed by atoms with Gasteiger partial charge in [0.1, 0.15) is 6.04 Å². The maximum atomic E-state index is 12.2. The fourth-order valence-corrected chi connectivity index (χ4v) is 3.39. The lowest BCUT2D eigenvalue weighted by Gasteiger charge is -2.34. The molecule has 3 unspecified atom stereocenters. The summed E-state index contributed by atoms with van der Waals surface area (Å²) >= 11 is 0. The number of likely N-dealkylation sites (tertiary alicyclic amines) is 1. The molecule has 1 aliphatic carbocycles. The van der Waals surface area contributed by atoms with Gasteiger partial charge in [-0.1, -0.05) is 13.8 Å². The van der Waals surface area contributed by atoms with E-state index in [0.717, 1.165) is 19.3 Å². The van der Waals surface area contributed by atoms with E-state index in [-0.39, 0.29) is 25.0 Å². The van der Waals surface area contributed by atoms with Crippen molar-refractivity contribution in [2.45, 2.75) is 57.7 Å². The molecule has 2 rings (SSSR count). The Morgan fingerprint density at radius 2 is 1.90 bits per heavy atom. The minimum Gasteiger partial charge on any atom is -0.480 e. The topological polar surface area (TPSA) is 89.9 Å². The molecule has 2 fully saturated rings. The zero-order valence-electron chi connectivity index (χ0n) is 12.1. The predicted molar refractivity (Wildman–Crippen MR) is 73.3 cm³/mol. The van der Waals surface area contributed by atoms with Crippen LogP contribution in [0.15, 0.2) is 0 Å². The molecule has 6 heteroatoms. The molecule has 1 heterocycles. The van der Waals surface area contributed by atoms with E-state index in [0.29, 0.717) is 11.8 Å². The molecule has 6 nitrogen and oxygen atoms in total. The van der Waals surface area contributed by atoms with Crippen LogP contribution in [0.4, 0.5) is 4.79 Å². The lowest BCUT2D eigenvalue weighted by atomic mass is 9.80. The fraction of sp³-hybridized carbons (Fsp3) is 0.857. The van der Waals surface area contributed by atoms with Crippen LogP contribution in [0.5, 0.6) is 0 Å². The molecule has 1 aliphatic heterocycles. The summed E-state index contributed by atoms with van der Waals surface area (Å²) in [4.78, 5) is 24.6. The monoisotopic (exact) mass is 284 g/mol. The van der Waals surface area contributed by atoms with E-state index in [2.05, 4.69) is 19.2 Å². The Bertz CT molecular complexity index is 387. The molecule has 20 heavy (non-hydrogen) atoms. The Hall–Kier alpha value is -1.30. The molecule has 0 bridgehead atoms. The molecule has 1 saturated heterocycles. The average molecular weight is 284 g/mol. The molecule has 2 aliphatic rings. The van der Waals surface area contributed by atoms with Crippen molar-refractivity contribution in [1.29, 1.82) is 0 Å². The summed E-state index contributed by atoms with van der Waals surface area (Å²) in [5.74, 6) is 0.0269. The van der Waals surface area contributed by atoms with Gasteiger partial charge in [-0.2, -0.15) is 0 Å². The first-order valence-corrected chi connectivity index (χ1v) is 7.36. The Balaban J connectivity index is 1.95. The Kier molecular flexibility index (Phi) is 4.52. The number of β-amino-alcohol motifs (C(OH)–C–C–N with tert-alkyl or cyclic N) is 1. The molecule has 114 valence electrons. The number of aliphatic carboxylic acids is 1. The molecule has 0 aromatic rings. The maximum absolute atomic E-state index is 12.2. The van der Waals surface area contributed by atoms with Crippen molar-refractivity contribution in [2.24, 2.45) is 11.8 Å². The van der Waals surface area contributed by atoms with Crippen LogP contribution in [0, 0.1) is 11.8 Å². The van der Waals surface area contributed by atoms with E-state index >= 15 is 0 Å². The van der Waals surface area contributed by atoms with Crippen LogP contribution in [0.25, 0.3) is 0 Å². The number of carbonyl (C=O) groups excluding carboxylic acids is 1. The van der Waals surface area contributed by atoms with Crippen LogP contribution >= 0.6 is 0 Å². The largest absolute Gasteiger partial charge is 0.480 e. The van der Waals surface area contributed by atoms with Crippen molar-refractivity contribution < 1.29 is 19.8 Å². The van der Waals surface area contributed by atoms with Crippen molar-refractivity contribution in [2.75, 3.05) is 6.54 Å². The number of aliphatic hydroxyl groups is 1. The number of amides is 2. The normalized spacial score (nSPS) is 37.8. The highest BCUT2D eigenvalue weighted by Crippen LogP contribution is 2.29. The lowest BCUT2D eigenvalue weighted by Crippen LogP contribution is -2.51. The summed E-state index contributed by atoms with van der Waals surface area (Å²) in [7, 11) is 0. The van der Waals surface area contributed by atoms with E-state index in [4.69, 9.17) is 5.11 Å². The van der Waals surface area contributed by atoms with Gasteiger partial charge in [0.05, 0.1) is 6.10 Å². The predicted octanol–water partition coefficient (Wildman–Crippen LogP) is 1.04. The third-order valence-electron chi connectivity index (χ3n) is 4.57. The minimum absolute atomic E-state index is 0.0975. The SMILES string of the molecule is CC1CCC(NC(=O)N2C[C@@H](O)C[C@H]2C(=O)O)C(C)C1. The van der Waals surface area contributed by atoms with Crippen molar-refractivity contribution in [3.05, 3.63) is 0 Å². The van der Waals surface area contributed by atoms with Gasteiger partial charge in [0.25, 0.3) is 0 Å². The van der Waals surface area contributed by atoms with E-state index < -0.39 is 18.1 Å². The Labute approximate surface area is 119 Å². The van der Waals surface area contributed by atoms with E-state index in [1.807, 2.05) is 0 Å². The molecule has 0 spiro atoms.